The first-order chi connectivity index (χ1) is 43.9. The SMILES string of the molecule is COC(=O)NC1C(C)OC(OC2CC=C(C)C3C=CC4C(OC5CC(OC6CCC(OC7CC(O)C(OC8CCC(O)C(C)O8)C(C)O7)C(C)O6)C(OC(C)=O)C(C)O5)C(C)CC(C)C4C3(C)C(O)=C3C(=O)OC4(CC(C=O)=CC(O)C4C=C2C)C3=O)CC1(C)N(O)O. The van der Waals surface area contributed by atoms with Gasteiger partial charge in [-0.1, -0.05) is 55.9 Å². The van der Waals surface area contributed by atoms with Gasteiger partial charge in [-0.25, -0.2) is 9.59 Å². The number of Topliss-reactive ketones (excluding diaryl/α,β-unsaturated/α-hetero) is 1. The van der Waals surface area contributed by atoms with E-state index in [1.807, 2.05) is 39.8 Å². The summed E-state index contributed by atoms with van der Waals surface area (Å²) in [7, 11) is 1.18. The van der Waals surface area contributed by atoms with Crippen LogP contribution in [0.3, 0.4) is 0 Å². The summed E-state index contributed by atoms with van der Waals surface area (Å²) >= 11 is 0. The maximum atomic E-state index is 15.6. The van der Waals surface area contributed by atoms with Crippen LogP contribution in [0, 0.1) is 40.9 Å². The standard InChI is InChI=1S/C67H98N2O24/c1-30-14-18-47(88-54-28-65(11,69(79)80)60(38(9)86-54)68-64(78)81-13)31(2)23-43-45(73)24-40(29-70)27-67(43)62(76)55(63(77)93-67)61(75)66(12)42(30)16-15-41-56(66)32(3)22-33(4)57(41)92-53-26-49(59(37(8)85-53)87-39(10)71)90-50-21-19-48(35(6)83-50)89-52-25-46(74)58(36(7)84-52)91-51-20-17-44(72)34(5)82-51/h14-16,23-24,29,32-38,41-54,56-60,72-75,79-80H,17-22,25-28H2,1-13H3,(H,68,78). The Hall–Kier alpha value is -4.59. The second kappa shape index (κ2) is 28.5. The van der Waals surface area contributed by atoms with E-state index in [1.165, 1.54) is 27.0 Å². The number of amides is 1. The first-order valence-electron chi connectivity index (χ1n) is 33.1. The number of esters is 2. The zero-order chi connectivity index (χ0) is 67.5. The number of hydroxylamine groups is 2. The van der Waals surface area contributed by atoms with Crippen LogP contribution < -0.4 is 5.32 Å². The van der Waals surface area contributed by atoms with E-state index in [9.17, 15) is 50.0 Å². The highest BCUT2D eigenvalue weighted by molar-refractivity contribution is 6.26. The van der Waals surface area contributed by atoms with Crippen molar-refractivity contribution in [2.24, 2.45) is 40.9 Å². The molecule has 6 heterocycles. The van der Waals surface area contributed by atoms with Crippen LogP contribution in [0.15, 0.2) is 58.4 Å². The normalized spacial score (nSPS) is 46.4. The third-order valence-electron chi connectivity index (χ3n) is 21.8. The fraction of sp³-hybridized carbons (Fsp3) is 0.776. The Labute approximate surface area is 543 Å². The molecule has 1 spiro atoms. The molecule has 29 atom stereocenters. The quantitative estimate of drug-likeness (QED) is 0.0255. The average molecular weight is 1320 g/mol. The van der Waals surface area contributed by atoms with E-state index in [-0.39, 0.29) is 48.3 Å². The molecule has 0 aromatic carbocycles. The number of aliphatic hydroxyl groups excluding tert-OH is 4. The Bertz CT molecular complexity index is 2900. The summed E-state index contributed by atoms with van der Waals surface area (Å²) in [6, 6.07) is -0.999. The van der Waals surface area contributed by atoms with Gasteiger partial charge in [0.15, 0.2) is 43.2 Å². The Morgan fingerprint density at radius 3 is 1.99 bits per heavy atom. The molecule has 0 aromatic heterocycles. The molecule has 7 fully saturated rings. The monoisotopic (exact) mass is 1310 g/mol. The van der Waals surface area contributed by atoms with E-state index in [4.69, 9.17) is 61.6 Å². The van der Waals surface area contributed by atoms with Crippen LogP contribution in [-0.4, -0.2) is 207 Å². The molecule has 2 bridgehead atoms. The minimum Gasteiger partial charge on any atom is -0.511 e. The van der Waals surface area contributed by atoms with Crippen molar-refractivity contribution in [3.05, 3.63) is 58.4 Å². The number of nitrogens with zero attached hydrogens (tertiary/aromatic N) is 1. The zero-order valence-electron chi connectivity index (χ0n) is 55.5. The Kier molecular flexibility index (Phi) is 21.8. The van der Waals surface area contributed by atoms with Gasteiger partial charge in [-0.05, 0) is 116 Å². The van der Waals surface area contributed by atoms with Gasteiger partial charge >= 0.3 is 18.0 Å². The zero-order valence-corrected chi connectivity index (χ0v) is 55.5. The fourth-order valence-corrected chi connectivity index (χ4v) is 16.9. The van der Waals surface area contributed by atoms with Crippen LogP contribution in [-0.2, 0) is 80.8 Å². The van der Waals surface area contributed by atoms with E-state index in [0.29, 0.717) is 44.0 Å². The number of ether oxygens (including phenoxy) is 13. The Morgan fingerprint density at radius 1 is 0.699 bits per heavy atom. The first kappa shape index (κ1) is 71.2. The number of alkyl carbamates (subject to hydrolysis) is 1. The van der Waals surface area contributed by atoms with Crippen LogP contribution in [0.25, 0.3) is 0 Å². The summed E-state index contributed by atoms with van der Waals surface area (Å²) in [5, 5.41) is 70.6. The second-order valence-corrected chi connectivity index (χ2v) is 28.2. The lowest BCUT2D eigenvalue weighted by Crippen LogP contribution is -2.68. The van der Waals surface area contributed by atoms with Crippen molar-refractivity contribution >= 4 is 30.1 Å². The number of aldehydes is 1. The maximum absolute atomic E-state index is 15.6. The number of ketones is 1. The number of nitrogens with one attached hydrogen (secondary N) is 1. The number of hydrogen-bond donors (Lipinski definition) is 7. The fourth-order valence-electron chi connectivity index (χ4n) is 16.9. The van der Waals surface area contributed by atoms with Crippen LogP contribution in [0.1, 0.15) is 147 Å². The molecule has 1 saturated carbocycles. The predicted molar refractivity (Wildman–Crippen MR) is 324 cm³/mol. The van der Waals surface area contributed by atoms with Crippen LogP contribution in [0.5, 0.6) is 0 Å². The van der Waals surface area contributed by atoms with Gasteiger partial charge < -0.3 is 87.3 Å². The van der Waals surface area contributed by atoms with E-state index in [2.05, 4.69) is 25.2 Å². The summed E-state index contributed by atoms with van der Waals surface area (Å²) in [4.78, 5) is 68.1. The highest BCUT2D eigenvalue weighted by Gasteiger charge is 2.65. The third kappa shape index (κ3) is 14.1. The lowest BCUT2D eigenvalue weighted by Gasteiger charge is -2.56. The molecular weight excluding hydrogens is 1220 g/mol. The van der Waals surface area contributed by atoms with Gasteiger partial charge in [-0.2, -0.15) is 0 Å². The van der Waals surface area contributed by atoms with Crippen molar-refractivity contribution in [3.8, 4) is 0 Å². The van der Waals surface area contributed by atoms with Gasteiger partial charge in [0.25, 0.3) is 0 Å². The molecule has 0 radical (unpaired) electrons. The maximum Gasteiger partial charge on any atom is 0.407 e. The minimum atomic E-state index is -2.18. The first-order valence-corrected chi connectivity index (χ1v) is 33.1. The van der Waals surface area contributed by atoms with Crippen LogP contribution in [0.4, 0.5) is 4.79 Å². The molecule has 6 aliphatic heterocycles. The topological polar surface area (TPSA) is 342 Å². The minimum absolute atomic E-state index is 0.00988. The molecule has 520 valence electrons. The summed E-state index contributed by atoms with van der Waals surface area (Å²) in [5.41, 5.74) is -4.59. The van der Waals surface area contributed by atoms with Crippen molar-refractivity contribution in [1.29, 1.82) is 0 Å². The number of aliphatic hydroxyl groups is 4. The van der Waals surface area contributed by atoms with Crippen molar-refractivity contribution in [2.75, 3.05) is 7.11 Å². The van der Waals surface area contributed by atoms with Gasteiger partial charge in [-0.3, -0.25) is 24.8 Å². The lowest BCUT2D eigenvalue weighted by atomic mass is 9.49. The molecule has 29 unspecified atom stereocenters. The Morgan fingerprint density at radius 2 is 1.33 bits per heavy atom. The Balaban J connectivity index is 0.903. The van der Waals surface area contributed by atoms with Gasteiger partial charge in [0.05, 0.1) is 91.8 Å². The van der Waals surface area contributed by atoms with Crippen LogP contribution >= 0.6 is 0 Å². The van der Waals surface area contributed by atoms with Crippen molar-refractivity contribution in [3.63, 3.8) is 0 Å². The summed E-state index contributed by atoms with van der Waals surface area (Å²) in [6.45, 7) is 21.3. The molecule has 10 aliphatic rings. The smallest absolute Gasteiger partial charge is 0.407 e. The molecule has 7 N–H and O–H groups in total. The molecule has 0 aromatic rings. The van der Waals surface area contributed by atoms with Gasteiger partial charge in [0.1, 0.15) is 29.8 Å². The largest absolute Gasteiger partial charge is 0.511 e. The number of hydrogen-bond acceptors (Lipinski definition) is 25. The summed E-state index contributed by atoms with van der Waals surface area (Å²) in [5.74, 6) is -6.34. The molecule has 1 amide bonds. The molecular formula is C67H98N2O24. The molecule has 6 saturated heterocycles. The number of fused-ring (bicyclic) bond motifs is 4. The van der Waals surface area contributed by atoms with Crippen molar-refractivity contribution in [1.82, 2.24) is 10.5 Å². The highest BCUT2D eigenvalue weighted by atomic mass is 16.8. The number of methoxy groups -OCH3 is 1. The van der Waals surface area contributed by atoms with Crippen LogP contribution in [0.2, 0.25) is 0 Å². The summed E-state index contributed by atoms with van der Waals surface area (Å²) < 4.78 is 81.7. The molecule has 93 heavy (non-hydrogen) atoms. The van der Waals surface area contributed by atoms with E-state index in [1.54, 1.807) is 33.8 Å². The van der Waals surface area contributed by atoms with Gasteiger partial charge in [0.2, 0.25) is 5.78 Å². The number of carbonyl (C=O) groups excluding carboxylic acids is 5. The lowest BCUT2D eigenvalue weighted by molar-refractivity contribution is -0.390. The predicted octanol–water partition coefficient (Wildman–Crippen LogP) is 6.16. The van der Waals surface area contributed by atoms with Gasteiger partial charge in [-0.15, -0.1) is 0 Å². The van der Waals surface area contributed by atoms with Gasteiger partial charge in [0, 0.05) is 62.7 Å². The van der Waals surface area contributed by atoms with Crippen molar-refractivity contribution in [2.45, 2.75) is 281 Å². The third-order valence-corrected chi connectivity index (χ3v) is 21.8. The van der Waals surface area contributed by atoms with Crippen molar-refractivity contribution < 1.29 is 116 Å². The number of allylic oxidation sites excluding steroid dienone is 3. The molecule has 10 rings (SSSR count). The molecule has 26 heteroatoms. The highest BCUT2D eigenvalue weighted by Crippen LogP contribution is 2.61. The number of rotatable bonds is 14. The van der Waals surface area contributed by atoms with E-state index in [0.717, 1.165) is 5.57 Å². The van der Waals surface area contributed by atoms with E-state index >= 15 is 4.79 Å². The van der Waals surface area contributed by atoms with E-state index < -0.39 is 205 Å². The number of carbonyl (C=O) groups is 5. The summed E-state index contributed by atoms with van der Waals surface area (Å²) in [6.07, 6.45) is -3.58. The molecule has 4 aliphatic carbocycles. The molecule has 26 nitrogen and oxygen atoms in total. The average Bonchev–Trinajstić information content (AvgIpc) is 1.68. The second-order valence-electron chi connectivity index (χ2n) is 28.2.